The minimum Gasteiger partial charge on any atom is -0.307 e. The van der Waals surface area contributed by atoms with Crippen molar-refractivity contribution in [3.63, 3.8) is 0 Å². The molecule has 0 unspecified atom stereocenters. The van der Waals surface area contributed by atoms with Gasteiger partial charge < -0.3 is 4.98 Å². The molecule has 1 fully saturated rings. The van der Waals surface area contributed by atoms with Crippen molar-refractivity contribution in [1.82, 2.24) is 9.55 Å². The third-order valence-electron chi connectivity index (χ3n) is 4.82. The van der Waals surface area contributed by atoms with Gasteiger partial charge in [0.05, 0.1) is 23.4 Å². The monoisotopic (exact) mass is 311 g/mol. The molecule has 23 heavy (non-hydrogen) atoms. The van der Waals surface area contributed by atoms with E-state index >= 15 is 0 Å². The SMILES string of the molecule is N#CCc1ccc2[nH]c(=O)n(CCC3CCCCC3)c(=O)c2c1. The van der Waals surface area contributed by atoms with Crippen LogP contribution in [0.2, 0.25) is 0 Å². The van der Waals surface area contributed by atoms with Gasteiger partial charge in [0.2, 0.25) is 0 Å². The normalized spacial score (nSPS) is 15.6. The lowest BCUT2D eigenvalue weighted by atomic mass is 9.87. The van der Waals surface area contributed by atoms with Crippen LogP contribution < -0.4 is 11.2 Å². The summed E-state index contributed by atoms with van der Waals surface area (Å²) >= 11 is 0. The maximum Gasteiger partial charge on any atom is 0.328 e. The van der Waals surface area contributed by atoms with Gasteiger partial charge in [-0.25, -0.2) is 4.79 Å². The molecule has 0 atom stereocenters. The Morgan fingerprint density at radius 1 is 1.22 bits per heavy atom. The maximum absolute atomic E-state index is 12.6. The molecule has 1 aromatic heterocycles. The molecule has 5 nitrogen and oxygen atoms in total. The summed E-state index contributed by atoms with van der Waals surface area (Å²) in [6, 6.07) is 7.27. The van der Waals surface area contributed by atoms with E-state index in [1.54, 1.807) is 18.2 Å². The summed E-state index contributed by atoms with van der Waals surface area (Å²) in [6.07, 6.45) is 7.35. The van der Waals surface area contributed by atoms with Crippen LogP contribution in [-0.2, 0) is 13.0 Å². The Morgan fingerprint density at radius 2 is 2.00 bits per heavy atom. The maximum atomic E-state index is 12.6. The van der Waals surface area contributed by atoms with Gasteiger partial charge >= 0.3 is 5.69 Å². The van der Waals surface area contributed by atoms with Crippen LogP contribution in [0.15, 0.2) is 27.8 Å². The van der Waals surface area contributed by atoms with Crippen LogP contribution in [0.25, 0.3) is 10.9 Å². The Balaban J connectivity index is 1.91. The summed E-state index contributed by atoms with van der Waals surface area (Å²) in [5.41, 5.74) is 0.740. The number of H-pyrrole nitrogens is 1. The molecule has 1 N–H and O–H groups in total. The largest absolute Gasteiger partial charge is 0.328 e. The Kier molecular flexibility index (Phi) is 4.61. The molecule has 2 aromatic rings. The van der Waals surface area contributed by atoms with Gasteiger partial charge in [-0.05, 0) is 30.0 Å². The fourth-order valence-electron chi connectivity index (χ4n) is 3.49. The Bertz CT molecular complexity index is 851. The van der Waals surface area contributed by atoms with Gasteiger partial charge in [-0.2, -0.15) is 5.26 Å². The number of rotatable bonds is 4. The van der Waals surface area contributed by atoms with Gasteiger partial charge in [0, 0.05) is 6.54 Å². The van der Waals surface area contributed by atoms with E-state index in [4.69, 9.17) is 5.26 Å². The molecule has 3 rings (SSSR count). The van der Waals surface area contributed by atoms with E-state index < -0.39 is 0 Å². The lowest BCUT2D eigenvalue weighted by Crippen LogP contribution is -2.35. The van der Waals surface area contributed by atoms with E-state index in [2.05, 4.69) is 11.1 Å². The van der Waals surface area contributed by atoms with Gasteiger partial charge in [0.15, 0.2) is 0 Å². The fraction of sp³-hybridized carbons (Fsp3) is 0.500. The van der Waals surface area contributed by atoms with Crippen molar-refractivity contribution < 1.29 is 0 Å². The standard InChI is InChI=1S/C18H21N3O2/c19-10-8-14-6-7-16-15(12-14)17(22)21(18(23)20-16)11-9-13-4-2-1-3-5-13/h6-7,12-13H,1-5,8-9,11H2,(H,20,23). The molecular weight excluding hydrogens is 290 g/mol. The van der Waals surface area contributed by atoms with Gasteiger partial charge in [-0.15, -0.1) is 0 Å². The summed E-state index contributed by atoms with van der Waals surface area (Å²) in [5, 5.41) is 9.28. The topological polar surface area (TPSA) is 78.7 Å². The number of hydrogen-bond donors (Lipinski definition) is 1. The molecule has 1 aromatic carbocycles. The molecule has 0 amide bonds. The van der Waals surface area contributed by atoms with E-state index in [1.807, 2.05) is 0 Å². The van der Waals surface area contributed by atoms with Crippen molar-refractivity contribution in [1.29, 1.82) is 5.26 Å². The highest BCUT2D eigenvalue weighted by Gasteiger charge is 2.15. The van der Waals surface area contributed by atoms with Crippen LogP contribution in [0, 0.1) is 17.2 Å². The number of nitriles is 1. The van der Waals surface area contributed by atoms with Gasteiger partial charge in [0.1, 0.15) is 0 Å². The average Bonchev–Trinajstić information content (AvgIpc) is 2.56. The number of fused-ring (bicyclic) bond motifs is 1. The van der Waals surface area contributed by atoms with Crippen LogP contribution in [-0.4, -0.2) is 9.55 Å². The first-order valence-corrected chi connectivity index (χ1v) is 8.32. The smallest absolute Gasteiger partial charge is 0.307 e. The molecule has 5 heteroatoms. The Hall–Kier alpha value is -2.35. The minimum absolute atomic E-state index is 0.251. The average molecular weight is 311 g/mol. The summed E-state index contributed by atoms with van der Waals surface area (Å²) in [7, 11) is 0. The number of aromatic amines is 1. The van der Waals surface area contributed by atoms with Gasteiger partial charge in [0.25, 0.3) is 5.56 Å². The first kappa shape index (κ1) is 15.5. The molecule has 1 aliphatic carbocycles. The van der Waals surface area contributed by atoms with Gasteiger partial charge in [-0.3, -0.25) is 9.36 Å². The van der Waals surface area contributed by atoms with Crippen LogP contribution in [0.5, 0.6) is 0 Å². The number of hydrogen-bond acceptors (Lipinski definition) is 3. The second kappa shape index (κ2) is 6.82. The Morgan fingerprint density at radius 3 is 2.74 bits per heavy atom. The highest BCUT2D eigenvalue weighted by molar-refractivity contribution is 5.78. The third-order valence-corrected chi connectivity index (χ3v) is 4.82. The number of benzene rings is 1. The predicted molar refractivity (Wildman–Crippen MR) is 89.3 cm³/mol. The van der Waals surface area contributed by atoms with E-state index in [-0.39, 0.29) is 17.7 Å². The molecule has 0 radical (unpaired) electrons. The Labute approximate surface area is 134 Å². The van der Waals surface area contributed by atoms with Crippen molar-refractivity contribution in [3.05, 3.63) is 44.6 Å². The quantitative estimate of drug-likeness (QED) is 0.943. The zero-order valence-corrected chi connectivity index (χ0v) is 13.2. The van der Waals surface area contributed by atoms with Crippen LogP contribution >= 0.6 is 0 Å². The molecule has 1 saturated carbocycles. The molecule has 0 aliphatic heterocycles. The lowest BCUT2D eigenvalue weighted by molar-refractivity contribution is 0.321. The first-order valence-electron chi connectivity index (χ1n) is 8.32. The second-order valence-corrected chi connectivity index (χ2v) is 6.39. The molecule has 0 spiro atoms. The van der Waals surface area contributed by atoms with Crippen molar-refractivity contribution in [2.45, 2.75) is 51.5 Å². The summed E-state index contributed by atoms with van der Waals surface area (Å²) in [4.78, 5) is 27.6. The van der Waals surface area contributed by atoms with Crippen LogP contribution in [0.4, 0.5) is 0 Å². The van der Waals surface area contributed by atoms with E-state index in [0.29, 0.717) is 23.4 Å². The first-order chi connectivity index (χ1) is 11.2. The predicted octanol–water partition coefficient (Wildman–Crippen LogP) is 2.73. The van der Waals surface area contributed by atoms with Gasteiger partial charge in [-0.1, -0.05) is 38.2 Å². The van der Waals surface area contributed by atoms with Crippen molar-refractivity contribution in [2.75, 3.05) is 0 Å². The zero-order chi connectivity index (χ0) is 16.2. The van der Waals surface area contributed by atoms with Crippen molar-refractivity contribution >= 4 is 10.9 Å². The van der Waals surface area contributed by atoms with Crippen LogP contribution in [0.3, 0.4) is 0 Å². The molecular formula is C18H21N3O2. The zero-order valence-electron chi connectivity index (χ0n) is 13.2. The number of nitrogens with one attached hydrogen (secondary N) is 1. The van der Waals surface area contributed by atoms with E-state index in [1.165, 1.54) is 36.7 Å². The lowest BCUT2D eigenvalue weighted by Gasteiger charge is -2.21. The minimum atomic E-state index is -0.341. The molecule has 120 valence electrons. The highest BCUT2D eigenvalue weighted by atomic mass is 16.2. The molecule has 1 heterocycles. The van der Waals surface area contributed by atoms with Crippen LogP contribution in [0.1, 0.15) is 44.1 Å². The summed E-state index contributed by atoms with van der Waals surface area (Å²) < 4.78 is 1.31. The summed E-state index contributed by atoms with van der Waals surface area (Å²) in [5.74, 6) is 0.621. The molecule has 1 aliphatic rings. The van der Waals surface area contributed by atoms with E-state index in [0.717, 1.165) is 12.0 Å². The number of nitrogens with zero attached hydrogens (tertiary/aromatic N) is 2. The number of aromatic nitrogens is 2. The van der Waals surface area contributed by atoms with E-state index in [9.17, 15) is 9.59 Å². The molecule has 0 saturated heterocycles. The third kappa shape index (κ3) is 3.37. The highest BCUT2D eigenvalue weighted by Crippen LogP contribution is 2.26. The molecule has 0 bridgehead atoms. The summed E-state index contributed by atoms with van der Waals surface area (Å²) in [6.45, 7) is 0.469. The van der Waals surface area contributed by atoms with Crippen molar-refractivity contribution in [2.24, 2.45) is 5.92 Å². The second-order valence-electron chi connectivity index (χ2n) is 6.39. The van der Waals surface area contributed by atoms with Crippen molar-refractivity contribution in [3.8, 4) is 6.07 Å². The fourth-order valence-corrected chi connectivity index (χ4v) is 3.49.